The SMILES string of the molecule is Cc1cc2cc(-c3nc(-c4cccc5[nH]ccc45)no3)ccc2o1. The van der Waals surface area contributed by atoms with Crippen molar-refractivity contribution in [3.05, 3.63) is 60.5 Å². The Morgan fingerprint density at radius 1 is 1.04 bits per heavy atom. The molecule has 0 atom stereocenters. The monoisotopic (exact) mass is 315 g/mol. The van der Waals surface area contributed by atoms with Crippen LogP contribution in [0.4, 0.5) is 0 Å². The average molecular weight is 315 g/mol. The van der Waals surface area contributed by atoms with Crippen molar-refractivity contribution in [2.45, 2.75) is 6.92 Å². The molecular weight excluding hydrogens is 302 g/mol. The van der Waals surface area contributed by atoms with Gasteiger partial charge in [-0.1, -0.05) is 17.3 Å². The van der Waals surface area contributed by atoms with Crippen LogP contribution in [-0.2, 0) is 0 Å². The maximum absolute atomic E-state index is 5.60. The molecule has 0 aliphatic carbocycles. The Labute approximate surface area is 136 Å². The number of nitrogens with one attached hydrogen (secondary N) is 1. The van der Waals surface area contributed by atoms with Gasteiger partial charge in [-0.15, -0.1) is 0 Å². The van der Waals surface area contributed by atoms with Crippen LogP contribution in [0.3, 0.4) is 0 Å². The maximum Gasteiger partial charge on any atom is 0.258 e. The van der Waals surface area contributed by atoms with Crippen LogP contribution in [0.25, 0.3) is 44.7 Å². The highest BCUT2D eigenvalue weighted by Crippen LogP contribution is 2.30. The van der Waals surface area contributed by atoms with Crippen molar-refractivity contribution in [2.75, 3.05) is 0 Å². The van der Waals surface area contributed by atoms with Crippen LogP contribution in [0.2, 0.25) is 0 Å². The lowest BCUT2D eigenvalue weighted by Crippen LogP contribution is -1.82. The molecular formula is C19H13N3O2. The zero-order chi connectivity index (χ0) is 16.1. The molecule has 24 heavy (non-hydrogen) atoms. The van der Waals surface area contributed by atoms with E-state index in [0.717, 1.165) is 38.8 Å². The Hall–Kier alpha value is -3.34. The van der Waals surface area contributed by atoms with Crippen LogP contribution in [0.15, 0.2) is 63.7 Å². The molecule has 0 saturated heterocycles. The van der Waals surface area contributed by atoms with E-state index >= 15 is 0 Å². The summed E-state index contributed by atoms with van der Waals surface area (Å²) < 4.78 is 11.1. The molecule has 5 nitrogen and oxygen atoms in total. The van der Waals surface area contributed by atoms with Crippen molar-refractivity contribution in [1.29, 1.82) is 0 Å². The van der Waals surface area contributed by atoms with Crippen molar-refractivity contribution >= 4 is 21.9 Å². The molecule has 116 valence electrons. The summed E-state index contributed by atoms with van der Waals surface area (Å²) in [5, 5.41) is 6.25. The molecule has 3 aromatic heterocycles. The summed E-state index contributed by atoms with van der Waals surface area (Å²) in [6.45, 7) is 1.93. The number of rotatable bonds is 2. The van der Waals surface area contributed by atoms with Crippen molar-refractivity contribution in [1.82, 2.24) is 15.1 Å². The Kier molecular flexibility index (Phi) is 2.64. The minimum Gasteiger partial charge on any atom is -0.461 e. The van der Waals surface area contributed by atoms with Crippen LogP contribution < -0.4 is 0 Å². The molecule has 0 aliphatic rings. The largest absolute Gasteiger partial charge is 0.461 e. The van der Waals surface area contributed by atoms with Crippen LogP contribution >= 0.6 is 0 Å². The number of benzene rings is 2. The molecule has 3 heterocycles. The molecule has 2 aromatic carbocycles. The third-order valence-electron chi connectivity index (χ3n) is 4.15. The summed E-state index contributed by atoms with van der Waals surface area (Å²) in [5.74, 6) is 1.96. The fraction of sp³-hybridized carbons (Fsp3) is 0.0526. The first-order valence-electron chi connectivity index (χ1n) is 7.69. The maximum atomic E-state index is 5.60. The standard InChI is InChI=1S/C19H13N3O2/c1-11-9-13-10-12(5-6-17(13)23-11)19-21-18(22-24-19)15-3-2-4-16-14(15)7-8-20-16/h2-10,20H,1H3. The fourth-order valence-corrected chi connectivity index (χ4v) is 3.04. The zero-order valence-electron chi connectivity index (χ0n) is 12.9. The van der Waals surface area contributed by atoms with Gasteiger partial charge in [0.1, 0.15) is 11.3 Å². The Morgan fingerprint density at radius 3 is 2.96 bits per heavy atom. The summed E-state index contributed by atoms with van der Waals surface area (Å²) in [6.07, 6.45) is 1.91. The second kappa shape index (κ2) is 4.83. The lowest BCUT2D eigenvalue weighted by molar-refractivity contribution is 0.432. The van der Waals surface area contributed by atoms with Gasteiger partial charge in [0.05, 0.1) is 0 Å². The first-order chi connectivity index (χ1) is 11.8. The average Bonchev–Trinajstić information content (AvgIpc) is 3.31. The number of furan rings is 1. The topological polar surface area (TPSA) is 67.8 Å². The summed E-state index contributed by atoms with van der Waals surface area (Å²) in [4.78, 5) is 7.77. The van der Waals surface area contributed by atoms with E-state index in [0.29, 0.717) is 11.7 Å². The van der Waals surface area contributed by atoms with E-state index in [9.17, 15) is 0 Å². The van der Waals surface area contributed by atoms with E-state index in [2.05, 4.69) is 15.1 Å². The first kappa shape index (κ1) is 13.1. The van der Waals surface area contributed by atoms with E-state index in [-0.39, 0.29) is 0 Å². The fourth-order valence-electron chi connectivity index (χ4n) is 3.04. The molecule has 0 fully saturated rings. The van der Waals surface area contributed by atoms with Crippen LogP contribution in [-0.4, -0.2) is 15.1 Å². The predicted molar refractivity (Wildman–Crippen MR) is 91.5 cm³/mol. The van der Waals surface area contributed by atoms with Crippen LogP contribution in [0, 0.1) is 6.92 Å². The first-order valence-corrected chi connectivity index (χ1v) is 7.69. The van der Waals surface area contributed by atoms with Gasteiger partial charge in [0, 0.05) is 33.6 Å². The number of aromatic amines is 1. The van der Waals surface area contributed by atoms with E-state index in [1.807, 2.05) is 61.7 Å². The van der Waals surface area contributed by atoms with Gasteiger partial charge in [-0.25, -0.2) is 0 Å². The molecule has 0 aliphatic heterocycles. The lowest BCUT2D eigenvalue weighted by Gasteiger charge is -1.96. The second-order valence-electron chi connectivity index (χ2n) is 5.78. The number of nitrogens with zero attached hydrogens (tertiary/aromatic N) is 2. The van der Waals surface area contributed by atoms with E-state index in [4.69, 9.17) is 8.94 Å². The Balaban J connectivity index is 1.62. The van der Waals surface area contributed by atoms with Crippen molar-refractivity contribution in [3.63, 3.8) is 0 Å². The van der Waals surface area contributed by atoms with Gasteiger partial charge in [0.2, 0.25) is 5.82 Å². The van der Waals surface area contributed by atoms with Gasteiger partial charge in [0.25, 0.3) is 5.89 Å². The van der Waals surface area contributed by atoms with Gasteiger partial charge in [0.15, 0.2) is 0 Å². The predicted octanol–water partition coefficient (Wildman–Crippen LogP) is 4.94. The Bertz CT molecular complexity index is 1180. The summed E-state index contributed by atoms with van der Waals surface area (Å²) in [6, 6.07) is 15.9. The normalized spacial score (nSPS) is 11.5. The van der Waals surface area contributed by atoms with Crippen molar-refractivity contribution in [2.24, 2.45) is 0 Å². The molecule has 0 unspecified atom stereocenters. The molecule has 5 aromatic rings. The van der Waals surface area contributed by atoms with Crippen molar-refractivity contribution in [3.8, 4) is 22.8 Å². The number of fused-ring (bicyclic) bond motifs is 2. The third kappa shape index (κ3) is 1.95. The highest BCUT2D eigenvalue weighted by atomic mass is 16.5. The molecule has 0 bridgehead atoms. The molecule has 5 heteroatoms. The van der Waals surface area contributed by atoms with E-state index < -0.39 is 0 Å². The second-order valence-corrected chi connectivity index (χ2v) is 5.78. The number of aryl methyl sites for hydroxylation is 1. The molecule has 0 saturated carbocycles. The number of aromatic nitrogens is 3. The molecule has 1 N–H and O–H groups in total. The van der Waals surface area contributed by atoms with Gasteiger partial charge in [-0.05, 0) is 43.3 Å². The van der Waals surface area contributed by atoms with E-state index in [1.165, 1.54) is 0 Å². The van der Waals surface area contributed by atoms with Crippen LogP contribution in [0.1, 0.15) is 5.76 Å². The summed E-state index contributed by atoms with van der Waals surface area (Å²) in [5.41, 5.74) is 3.73. The summed E-state index contributed by atoms with van der Waals surface area (Å²) >= 11 is 0. The molecule has 0 radical (unpaired) electrons. The number of hydrogen-bond acceptors (Lipinski definition) is 4. The lowest BCUT2D eigenvalue weighted by atomic mass is 10.1. The van der Waals surface area contributed by atoms with Gasteiger partial charge in [-0.2, -0.15) is 4.98 Å². The molecule has 0 spiro atoms. The number of H-pyrrole nitrogens is 1. The summed E-state index contributed by atoms with van der Waals surface area (Å²) in [7, 11) is 0. The van der Waals surface area contributed by atoms with Crippen LogP contribution in [0.5, 0.6) is 0 Å². The third-order valence-corrected chi connectivity index (χ3v) is 4.15. The quantitative estimate of drug-likeness (QED) is 0.501. The Morgan fingerprint density at radius 2 is 2.00 bits per heavy atom. The minimum atomic E-state index is 0.498. The zero-order valence-corrected chi connectivity index (χ0v) is 12.9. The van der Waals surface area contributed by atoms with E-state index in [1.54, 1.807) is 0 Å². The van der Waals surface area contributed by atoms with Gasteiger partial charge < -0.3 is 13.9 Å². The highest BCUT2D eigenvalue weighted by Gasteiger charge is 2.14. The number of hydrogen-bond donors (Lipinski definition) is 1. The smallest absolute Gasteiger partial charge is 0.258 e. The van der Waals surface area contributed by atoms with Crippen molar-refractivity contribution < 1.29 is 8.94 Å². The van der Waals surface area contributed by atoms with Gasteiger partial charge in [-0.3, -0.25) is 0 Å². The van der Waals surface area contributed by atoms with Gasteiger partial charge >= 0.3 is 0 Å². The molecule has 0 amide bonds. The molecule has 5 rings (SSSR count). The highest BCUT2D eigenvalue weighted by molar-refractivity contribution is 5.93. The minimum absolute atomic E-state index is 0.498.